The van der Waals surface area contributed by atoms with Gasteiger partial charge in [-0.05, 0) is 45.0 Å². The lowest BCUT2D eigenvalue weighted by atomic mass is 9.79. The van der Waals surface area contributed by atoms with Crippen LogP contribution in [0.4, 0.5) is 0 Å². The Morgan fingerprint density at radius 3 is 2.64 bits per heavy atom. The number of hydrogen-bond donors (Lipinski definition) is 2. The number of carbonyl (C=O) groups excluding carboxylic acids is 1. The first-order chi connectivity index (χ1) is 10.6. The minimum atomic E-state index is 0.0875. The molecule has 5 heteroatoms. The number of amides is 1. The quantitative estimate of drug-likeness (QED) is 0.756. The van der Waals surface area contributed by atoms with Crippen molar-refractivity contribution >= 4 is 17.7 Å². The summed E-state index contributed by atoms with van der Waals surface area (Å²) in [6, 6.07) is 8.27. The fourth-order valence-corrected chi connectivity index (χ4v) is 3.48. The van der Waals surface area contributed by atoms with Crippen LogP contribution in [-0.4, -0.2) is 45.0 Å². The van der Waals surface area contributed by atoms with E-state index in [1.165, 1.54) is 5.56 Å². The number of methoxy groups -OCH3 is 1. The van der Waals surface area contributed by atoms with Crippen molar-refractivity contribution in [1.29, 1.82) is 0 Å². The third-order valence-corrected chi connectivity index (χ3v) is 5.18. The van der Waals surface area contributed by atoms with Crippen molar-refractivity contribution in [2.45, 2.75) is 24.7 Å². The first-order valence-corrected chi connectivity index (χ1v) is 8.78. The average molecular weight is 322 g/mol. The van der Waals surface area contributed by atoms with Gasteiger partial charge < -0.3 is 15.4 Å². The van der Waals surface area contributed by atoms with E-state index in [1.54, 1.807) is 18.9 Å². The Kier molecular flexibility index (Phi) is 6.73. The Morgan fingerprint density at radius 2 is 2.00 bits per heavy atom. The Balaban J connectivity index is 1.77. The monoisotopic (exact) mass is 322 g/mol. The summed E-state index contributed by atoms with van der Waals surface area (Å²) in [5.74, 6) is 0.560. The summed E-state index contributed by atoms with van der Waals surface area (Å²) in [7, 11) is 1.73. The summed E-state index contributed by atoms with van der Waals surface area (Å²) in [6.07, 6.45) is 2.10. The van der Waals surface area contributed by atoms with Crippen LogP contribution in [0.25, 0.3) is 0 Å². The van der Waals surface area contributed by atoms with Crippen molar-refractivity contribution in [1.82, 2.24) is 10.6 Å². The molecule has 0 spiro atoms. The molecular weight excluding hydrogens is 296 g/mol. The molecule has 0 aromatic heterocycles. The second-order valence-corrected chi connectivity index (χ2v) is 7.11. The van der Waals surface area contributed by atoms with E-state index in [0.717, 1.165) is 30.8 Å². The van der Waals surface area contributed by atoms with E-state index in [1.807, 2.05) is 0 Å². The summed E-state index contributed by atoms with van der Waals surface area (Å²) in [6.45, 7) is 5.47. The molecule has 2 rings (SSSR count). The van der Waals surface area contributed by atoms with Gasteiger partial charge in [0.1, 0.15) is 0 Å². The highest BCUT2D eigenvalue weighted by atomic mass is 32.2. The number of aryl methyl sites for hydroxylation is 1. The van der Waals surface area contributed by atoms with E-state index in [0.29, 0.717) is 18.9 Å². The summed E-state index contributed by atoms with van der Waals surface area (Å²) >= 11 is 1.58. The van der Waals surface area contributed by atoms with Gasteiger partial charge in [0.2, 0.25) is 5.91 Å². The smallest absolute Gasteiger partial charge is 0.230 e. The molecule has 1 aliphatic rings. The normalized spacial score (nSPS) is 17.2. The van der Waals surface area contributed by atoms with Crippen LogP contribution in [0.2, 0.25) is 0 Å². The van der Waals surface area contributed by atoms with Crippen LogP contribution in [-0.2, 0) is 9.53 Å². The fraction of sp³-hybridized carbons (Fsp3) is 0.588. The number of rotatable bonds is 7. The molecule has 0 bridgehead atoms. The minimum Gasteiger partial charge on any atom is -0.384 e. The summed E-state index contributed by atoms with van der Waals surface area (Å²) in [5, 5.41) is 6.46. The van der Waals surface area contributed by atoms with Crippen LogP contribution in [0.5, 0.6) is 0 Å². The van der Waals surface area contributed by atoms with Gasteiger partial charge >= 0.3 is 0 Å². The zero-order valence-corrected chi connectivity index (χ0v) is 14.3. The van der Waals surface area contributed by atoms with Crippen LogP contribution < -0.4 is 10.6 Å². The molecular formula is C17H26N2O2S. The van der Waals surface area contributed by atoms with E-state index in [9.17, 15) is 4.79 Å². The third-order valence-electron chi connectivity index (χ3n) is 4.17. The van der Waals surface area contributed by atoms with Crippen LogP contribution in [0, 0.1) is 12.3 Å². The van der Waals surface area contributed by atoms with Crippen molar-refractivity contribution in [3.8, 4) is 0 Å². The number of benzene rings is 1. The van der Waals surface area contributed by atoms with E-state index >= 15 is 0 Å². The van der Waals surface area contributed by atoms with Crippen LogP contribution in [0.1, 0.15) is 18.4 Å². The standard InChI is InChI=1S/C17H26N2O2S/c1-14-3-5-15(6-4-14)22-11-16(20)19-12-17(13-21-2)7-9-18-10-8-17/h3-6,18H,7-13H2,1-2H3,(H,19,20). The number of piperidine rings is 1. The molecule has 0 atom stereocenters. The maximum Gasteiger partial charge on any atom is 0.230 e. The number of hydrogen-bond acceptors (Lipinski definition) is 4. The van der Waals surface area contributed by atoms with Crippen molar-refractivity contribution in [2.75, 3.05) is 39.1 Å². The summed E-state index contributed by atoms with van der Waals surface area (Å²) in [5.41, 5.74) is 1.32. The van der Waals surface area contributed by atoms with E-state index in [-0.39, 0.29) is 11.3 Å². The molecule has 0 aliphatic carbocycles. The first kappa shape index (κ1) is 17.3. The third kappa shape index (κ3) is 5.30. The highest BCUT2D eigenvalue weighted by Gasteiger charge is 2.32. The predicted octanol–water partition coefficient (Wildman–Crippen LogP) is 2.22. The van der Waals surface area contributed by atoms with Crippen LogP contribution in [0.3, 0.4) is 0 Å². The van der Waals surface area contributed by atoms with Gasteiger partial charge in [0.25, 0.3) is 0 Å². The lowest BCUT2D eigenvalue weighted by Crippen LogP contribution is -2.47. The van der Waals surface area contributed by atoms with E-state index in [2.05, 4.69) is 41.8 Å². The largest absolute Gasteiger partial charge is 0.384 e. The van der Waals surface area contributed by atoms with Gasteiger partial charge in [0, 0.05) is 24.0 Å². The number of nitrogens with one attached hydrogen (secondary N) is 2. The van der Waals surface area contributed by atoms with Gasteiger partial charge in [0.05, 0.1) is 12.4 Å². The van der Waals surface area contributed by atoms with Crippen molar-refractivity contribution in [3.05, 3.63) is 29.8 Å². The molecule has 1 fully saturated rings. The second-order valence-electron chi connectivity index (χ2n) is 6.06. The summed E-state index contributed by atoms with van der Waals surface area (Å²) < 4.78 is 5.37. The maximum absolute atomic E-state index is 12.1. The molecule has 1 amide bonds. The van der Waals surface area contributed by atoms with Crippen LogP contribution >= 0.6 is 11.8 Å². The average Bonchev–Trinajstić information content (AvgIpc) is 2.54. The number of carbonyl (C=O) groups is 1. The van der Waals surface area contributed by atoms with Gasteiger partial charge in [0.15, 0.2) is 0 Å². The zero-order chi connectivity index (χ0) is 15.8. The van der Waals surface area contributed by atoms with Crippen LogP contribution in [0.15, 0.2) is 29.2 Å². The number of thioether (sulfide) groups is 1. The molecule has 1 saturated heterocycles. The van der Waals surface area contributed by atoms with E-state index < -0.39 is 0 Å². The van der Waals surface area contributed by atoms with Gasteiger partial charge in [-0.25, -0.2) is 0 Å². The molecule has 0 saturated carbocycles. The second kappa shape index (κ2) is 8.56. The Bertz CT molecular complexity index is 465. The predicted molar refractivity (Wildman–Crippen MR) is 91.3 cm³/mol. The summed E-state index contributed by atoms with van der Waals surface area (Å²) in [4.78, 5) is 13.2. The van der Waals surface area contributed by atoms with Gasteiger partial charge in [-0.2, -0.15) is 0 Å². The van der Waals surface area contributed by atoms with Gasteiger partial charge in [-0.1, -0.05) is 17.7 Å². The first-order valence-electron chi connectivity index (χ1n) is 7.79. The molecule has 1 aromatic carbocycles. The molecule has 122 valence electrons. The number of ether oxygens (including phenoxy) is 1. The minimum absolute atomic E-state index is 0.0875. The molecule has 0 radical (unpaired) electrons. The maximum atomic E-state index is 12.1. The lowest BCUT2D eigenvalue weighted by Gasteiger charge is -2.37. The fourth-order valence-electron chi connectivity index (χ4n) is 2.76. The molecule has 1 heterocycles. The molecule has 1 aromatic rings. The highest BCUT2D eigenvalue weighted by molar-refractivity contribution is 8.00. The van der Waals surface area contributed by atoms with Gasteiger partial charge in [-0.3, -0.25) is 4.79 Å². The van der Waals surface area contributed by atoms with E-state index in [4.69, 9.17) is 4.74 Å². The van der Waals surface area contributed by atoms with Gasteiger partial charge in [-0.15, -0.1) is 11.8 Å². The van der Waals surface area contributed by atoms with Crippen molar-refractivity contribution in [2.24, 2.45) is 5.41 Å². The molecule has 0 unspecified atom stereocenters. The molecule has 2 N–H and O–H groups in total. The lowest BCUT2D eigenvalue weighted by molar-refractivity contribution is -0.119. The topological polar surface area (TPSA) is 50.4 Å². The molecule has 1 aliphatic heterocycles. The Labute approximate surface area is 137 Å². The highest BCUT2D eigenvalue weighted by Crippen LogP contribution is 2.28. The molecule has 4 nitrogen and oxygen atoms in total. The SMILES string of the molecule is COCC1(CNC(=O)CSc2ccc(C)cc2)CCNCC1. The van der Waals surface area contributed by atoms with Crippen molar-refractivity contribution < 1.29 is 9.53 Å². The molecule has 22 heavy (non-hydrogen) atoms. The van der Waals surface area contributed by atoms with Crippen molar-refractivity contribution in [3.63, 3.8) is 0 Å². The Morgan fingerprint density at radius 1 is 1.32 bits per heavy atom. The zero-order valence-electron chi connectivity index (χ0n) is 13.5. The Hall–Kier alpha value is -1.04.